The number of halogens is 2. The fourth-order valence-electron chi connectivity index (χ4n) is 0.771. The van der Waals surface area contributed by atoms with Gasteiger partial charge in [-0.25, -0.2) is 4.98 Å². The maximum Gasteiger partial charge on any atom is 0.319 e. The molecule has 3 nitrogen and oxygen atoms in total. The maximum atomic E-state index is 12.5. The Kier molecular flexibility index (Phi) is 2.42. The summed E-state index contributed by atoms with van der Waals surface area (Å²) in [4.78, 5) is 3.57. The highest BCUT2D eigenvalue weighted by molar-refractivity contribution is 5.00. The zero-order chi connectivity index (χ0) is 9.19. The summed E-state index contributed by atoms with van der Waals surface area (Å²) >= 11 is 0. The molecule has 2 N–H and O–H groups in total. The molecule has 68 valence electrons. The summed E-state index contributed by atoms with van der Waals surface area (Å²) in [6.45, 7) is 1.12. The Bertz CT molecular complexity index is 254. The Morgan fingerprint density at radius 1 is 1.67 bits per heavy atom. The molecule has 0 aliphatic heterocycles. The number of nitrogens with two attached hydrogens (primary N) is 1. The third kappa shape index (κ3) is 2.01. The van der Waals surface area contributed by atoms with Crippen molar-refractivity contribution in [1.29, 1.82) is 0 Å². The van der Waals surface area contributed by atoms with Gasteiger partial charge in [0.2, 0.25) is 0 Å². The SMILES string of the molecule is CC(F)(F)c1nc(CCN)co1. The molecule has 1 rings (SSSR count). The van der Waals surface area contributed by atoms with E-state index in [1.807, 2.05) is 0 Å². The van der Waals surface area contributed by atoms with E-state index in [2.05, 4.69) is 9.40 Å². The van der Waals surface area contributed by atoms with Crippen molar-refractivity contribution >= 4 is 0 Å². The smallest absolute Gasteiger partial charge is 0.319 e. The number of hydrogen-bond acceptors (Lipinski definition) is 3. The third-order valence-electron chi connectivity index (χ3n) is 1.33. The molecule has 0 unspecified atom stereocenters. The molecule has 1 aromatic heterocycles. The minimum Gasteiger partial charge on any atom is -0.443 e. The lowest BCUT2D eigenvalue weighted by molar-refractivity contribution is -0.0109. The van der Waals surface area contributed by atoms with E-state index in [9.17, 15) is 8.78 Å². The fraction of sp³-hybridized carbons (Fsp3) is 0.571. The maximum absolute atomic E-state index is 12.5. The van der Waals surface area contributed by atoms with Crippen LogP contribution >= 0.6 is 0 Å². The van der Waals surface area contributed by atoms with Gasteiger partial charge in [-0.1, -0.05) is 0 Å². The van der Waals surface area contributed by atoms with Crippen LogP contribution in [0.4, 0.5) is 8.78 Å². The molecule has 1 heterocycles. The first-order chi connectivity index (χ1) is 5.54. The van der Waals surface area contributed by atoms with Crippen LogP contribution in [0.2, 0.25) is 0 Å². The molecule has 0 fully saturated rings. The van der Waals surface area contributed by atoms with Crippen LogP contribution in [0, 0.1) is 0 Å². The van der Waals surface area contributed by atoms with Crippen molar-refractivity contribution < 1.29 is 13.2 Å². The average Bonchev–Trinajstić information content (AvgIpc) is 2.35. The largest absolute Gasteiger partial charge is 0.443 e. The first-order valence-corrected chi connectivity index (χ1v) is 3.57. The Labute approximate surface area is 68.6 Å². The molecular weight excluding hydrogens is 166 g/mol. The van der Waals surface area contributed by atoms with Crippen LogP contribution in [0.25, 0.3) is 0 Å². The van der Waals surface area contributed by atoms with E-state index in [1.165, 1.54) is 6.26 Å². The lowest BCUT2D eigenvalue weighted by Crippen LogP contribution is -2.08. The first-order valence-electron chi connectivity index (χ1n) is 3.57. The van der Waals surface area contributed by atoms with Crippen molar-refractivity contribution in [3.63, 3.8) is 0 Å². The molecule has 0 bridgehead atoms. The van der Waals surface area contributed by atoms with Gasteiger partial charge in [0.15, 0.2) is 0 Å². The van der Waals surface area contributed by atoms with Gasteiger partial charge in [0.1, 0.15) is 6.26 Å². The first kappa shape index (κ1) is 9.12. The highest BCUT2D eigenvalue weighted by Crippen LogP contribution is 2.25. The summed E-state index contributed by atoms with van der Waals surface area (Å²) in [6, 6.07) is 0. The third-order valence-corrected chi connectivity index (χ3v) is 1.33. The second kappa shape index (κ2) is 3.18. The van der Waals surface area contributed by atoms with Crippen molar-refractivity contribution in [2.24, 2.45) is 5.73 Å². The van der Waals surface area contributed by atoms with E-state index >= 15 is 0 Å². The van der Waals surface area contributed by atoms with E-state index in [1.54, 1.807) is 0 Å². The summed E-state index contributed by atoms with van der Waals surface area (Å²) in [5.74, 6) is -3.56. The number of alkyl halides is 2. The monoisotopic (exact) mass is 176 g/mol. The number of oxazole rings is 1. The van der Waals surface area contributed by atoms with Gasteiger partial charge in [0.05, 0.1) is 5.69 Å². The molecule has 1 aromatic rings. The number of nitrogens with zero attached hydrogens (tertiary/aromatic N) is 1. The minimum atomic E-state index is -3.01. The van der Waals surface area contributed by atoms with Gasteiger partial charge in [-0.3, -0.25) is 0 Å². The zero-order valence-corrected chi connectivity index (χ0v) is 6.68. The molecule has 0 spiro atoms. The molecule has 5 heteroatoms. The molecule has 12 heavy (non-hydrogen) atoms. The molecule has 0 aliphatic rings. The van der Waals surface area contributed by atoms with Gasteiger partial charge in [-0.2, -0.15) is 8.78 Å². The second-order valence-electron chi connectivity index (χ2n) is 2.57. The van der Waals surface area contributed by atoms with Gasteiger partial charge in [0, 0.05) is 13.3 Å². The number of hydrogen-bond donors (Lipinski definition) is 1. The summed E-state index contributed by atoms with van der Waals surface area (Å²) in [5.41, 5.74) is 5.68. The Hall–Kier alpha value is -0.970. The molecule has 0 aliphatic carbocycles. The van der Waals surface area contributed by atoms with E-state index in [4.69, 9.17) is 5.73 Å². The van der Waals surface area contributed by atoms with Gasteiger partial charge >= 0.3 is 5.92 Å². The van der Waals surface area contributed by atoms with Crippen molar-refractivity contribution in [1.82, 2.24) is 4.98 Å². The minimum absolute atomic E-state index is 0.376. The Morgan fingerprint density at radius 2 is 2.33 bits per heavy atom. The van der Waals surface area contributed by atoms with Gasteiger partial charge < -0.3 is 10.2 Å². The molecule has 0 atom stereocenters. The van der Waals surface area contributed by atoms with Crippen molar-refractivity contribution in [2.75, 3.05) is 6.54 Å². The summed E-state index contributed by atoms with van der Waals surface area (Å²) in [5, 5.41) is 0. The normalized spacial score (nSPS) is 12.0. The summed E-state index contributed by atoms with van der Waals surface area (Å²) in [6.07, 6.45) is 1.67. The van der Waals surface area contributed by atoms with Crippen molar-refractivity contribution in [3.05, 3.63) is 17.8 Å². The lowest BCUT2D eigenvalue weighted by atomic mass is 10.3. The summed E-state index contributed by atoms with van der Waals surface area (Å²) < 4.78 is 29.6. The van der Waals surface area contributed by atoms with E-state index in [0.717, 1.165) is 6.92 Å². The Morgan fingerprint density at radius 3 is 2.75 bits per heavy atom. The molecular formula is C7H10F2N2O. The fourth-order valence-corrected chi connectivity index (χ4v) is 0.771. The van der Waals surface area contributed by atoms with Gasteiger partial charge in [-0.15, -0.1) is 0 Å². The quantitative estimate of drug-likeness (QED) is 0.754. The predicted molar refractivity (Wildman–Crippen MR) is 38.8 cm³/mol. The van der Waals surface area contributed by atoms with Crippen molar-refractivity contribution in [2.45, 2.75) is 19.3 Å². The highest BCUT2D eigenvalue weighted by Gasteiger charge is 2.30. The topological polar surface area (TPSA) is 52.0 Å². The van der Waals surface area contributed by atoms with Crippen LogP contribution in [0.5, 0.6) is 0 Å². The van der Waals surface area contributed by atoms with Gasteiger partial charge in [-0.05, 0) is 6.54 Å². The van der Waals surface area contributed by atoms with Crippen LogP contribution in [0.3, 0.4) is 0 Å². The lowest BCUT2D eigenvalue weighted by Gasteiger charge is -2.02. The average molecular weight is 176 g/mol. The highest BCUT2D eigenvalue weighted by atomic mass is 19.3. The van der Waals surface area contributed by atoms with Crippen LogP contribution in [-0.2, 0) is 12.3 Å². The van der Waals surface area contributed by atoms with E-state index in [0.29, 0.717) is 18.7 Å². The predicted octanol–water partition coefficient (Wildman–Crippen LogP) is 1.29. The van der Waals surface area contributed by atoms with E-state index < -0.39 is 11.8 Å². The van der Waals surface area contributed by atoms with Crippen LogP contribution < -0.4 is 5.73 Å². The van der Waals surface area contributed by atoms with Gasteiger partial charge in [0.25, 0.3) is 5.89 Å². The standard InChI is InChI=1S/C7H10F2N2O/c1-7(8,9)6-11-5(2-3-10)4-12-6/h4H,2-3,10H2,1H3. The second-order valence-corrected chi connectivity index (χ2v) is 2.57. The zero-order valence-electron chi connectivity index (χ0n) is 6.68. The van der Waals surface area contributed by atoms with Crippen LogP contribution in [0.1, 0.15) is 18.5 Å². The van der Waals surface area contributed by atoms with Crippen LogP contribution in [0.15, 0.2) is 10.7 Å². The van der Waals surface area contributed by atoms with Crippen molar-refractivity contribution in [3.8, 4) is 0 Å². The molecule has 0 radical (unpaired) electrons. The number of aromatic nitrogens is 1. The van der Waals surface area contributed by atoms with E-state index in [-0.39, 0.29) is 0 Å². The molecule has 0 amide bonds. The number of rotatable bonds is 3. The summed E-state index contributed by atoms with van der Waals surface area (Å²) in [7, 11) is 0. The molecule has 0 saturated carbocycles. The molecule has 0 saturated heterocycles. The Balaban J connectivity index is 2.77. The molecule has 0 aromatic carbocycles. The van der Waals surface area contributed by atoms with Crippen LogP contribution in [-0.4, -0.2) is 11.5 Å².